The number of hydrogen-bond acceptors (Lipinski definition) is 5. The first-order valence-electron chi connectivity index (χ1n) is 4.40. The predicted octanol–water partition coefficient (Wildman–Crippen LogP) is 1.56. The average Bonchev–Trinajstić information content (AvgIpc) is 2.80. The summed E-state index contributed by atoms with van der Waals surface area (Å²) >= 11 is 3.33. The molecule has 4 nitrogen and oxygen atoms in total. The zero-order chi connectivity index (χ0) is 10.5. The quantitative estimate of drug-likeness (QED) is 0.796. The molecule has 0 atom stereocenters. The number of aromatic nitrogens is 1. The van der Waals surface area contributed by atoms with Crippen molar-refractivity contribution in [3.63, 3.8) is 0 Å². The fourth-order valence-corrected chi connectivity index (χ4v) is 3.10. The molecule has 1 aliphatic heterocycles. The van der Waals surface area contributed by atoms with Crippen molar-refractivity contribution in [1.29, 1.82) is 0 Å². The number of carbonyl (C=O) groups is 1. The minimum atomic E-state index is -0.196. The number of nitrogens with zero attached hydrogens (tertiary/aromatic N) is 2. The highest BCUT2D eigenvalue weighted by Crippen LogP contribution is 2.25. The number of hydrogen-bond donors (Lipinski definition) is 1. The van der Waals surface area contributed by atoms with Crippen LogP contribution in [-0.4, -0.2) is 26.8 Å². The van der Waals surface area contributed by atoms with E-state index >= 15 is 0 Å². The van der Waals surface area contributed by atoms with Gasteiger partial charge in [0.1, 0.15) is 4.38 Å². The molecule has 15 heavy (non-hydrogen) atoms. The monoisotopic (exact) mass is 239 g/mol. The number of amides is 1. The lowest BCUT2D eigenvalue weighted by Crippen LogP contribution is -2.18. The second kappa shape index (κ2) is 5.18. The Morgan fingerprint density at radius 2 is 2.00 bits per heavy atom. The van der Waals surface area contributed by atoms with Crippen molar-refractivity contribution >= 4 is 33.8 Å². The Morgan fingerprint density at radius 1 is 1.33 bits per heavy atom. The first kappa shape index (κ1) is 10.5. The molecule has 1 aliphatic rings. The summed E-state index contributed by atoms with van der Waals surface area (Å²) < 4.78 is 0.928. The Balaban J connectivity index is 1.95. The predicted molar refractivity (Wildman–Crippen MR) is 64.1 cm³/mol. The van der Waals surface area contributed by atoms with Crippen molar-refractivity contribution in [3.05, 3.63) is 30.1 Å². The van der Waals surface area contributed by atoms with E-state index in [9.17, 15) is 4.79 Å². The molecule has 2 rings (SSSR count). The zero-order valence-corrected chi connectivity index (χ0v) is 9.48. The number of thioether (sulfide) groups is 2. The molecule has 0 saturated carbocycles. The van der Waals surface area contributed by atoms with Crippen molar-refractivity contribution in [2.24, 2.45) is 5.10 Å². The topological polar surface area (TPSA) is 54.4 Å². The normalized spacial score (nSPS) is 15.1. The van der Waals surface area contributed by atoms with Gasteiger partial charge in [-0.3, -0.25) is 9.78 Å². The average molecular weight is 239 g/mol. The molecule has 0 aliphatic carbocycles. The number of nitrogens with one attached hydrogen (secondary N) is 1. The smallest absolute Gasteiger partial charge is 0.267 e. The van der Waals surface area contributed by atoms with Gasteiger partial charge in [-0.05, 0) is 12.1 Å². The third kappa shape index (κ3) is 2.97. The van der Waals surface area contributed by atoms with Crippen molar-refractivity contribution in [2.45, 2.75) is 0 Å². The fourth-order valence-electron chi connectivity index (χ4n) is 1.03. The lowest BCUT2D eigenvalue weighted by atomic mass is 10.3. The fraction of sp³-hybridized carbons (Fsp3) is 0.222. The molecular weight excluding hydrogens is 230 g/mol. The standard InChI is InChI=1S/C9H9N3OS2/c13-8(7-1-3-10-4-2-7)11-12-9-14-5-6-15-9/h1-4H,5-6H2,(H,11,13). The van der Waals surface area contributed by atoms with Crippen LogP contribution in [0.3, 0.4) is 0 Å². The van der Waals surface area contributed by atoms with Gasteiger partial charge in [0.15, 0.2) is 0 Å². The van der Waals surface area contributed by atoms with Crippen molar-refractivity contribution in [1.82, 2.24) is 10.4 Å². The number of hydrazone groups is 1. The highest BCUT2D eigenvalue weighted by Gasteiger charge is 2.10. The molecule has 0 unspecified atom stereocenters. The molecule has 1 fully saturated rings. The molecular formula is C9H9N3OS2. The maximum absolute atomic E-state index is 11.5. The SMILES string of the molecule is O=C(NN=C1SCCS1)c1ccncc1. The van der Waals surface area contributed by atoms with Crippen LogP contribution in [0.15, 0.2) is 29.6 Å². The Kier molecular flexibility index (Phi) is 3.63. The van der Waals surface area contributed by atoms with Gasteiger partial charge in [-0.15, -0.1) is 0 Å². The van der Waals surface area contributed by atoms with E-state index < -0.39 is 0 Å². The van der Waals surface area contributed by atoms with Gasteiger partial charge in [0.2, 0.25) is 0 Å². The maximum Gasteiger partial charge on any atom is 0.271 e. The van der Waals surface area contributed by atoms with E-state index in [0.717, 1.165) is 15.9 Å². The van der Waals surface area contributed by atoms with Gasteiger partial charge in [0, 0.05) is 29.5 Å². The molecule has 1 amide bonds. The minimum Gasteiger partial charge on any atom is -0.267 e. The van der Waals surface area contributed by atoms with E-state index in [1.165, 1.54) is 0 Å². The van der Waals surface area contributed by atoms with Crippen LogP contribution in [0.1, 0.15) is 10.4 Å². The first-order chi connectivity index (χ1) is 7.36. The van der Waals surface area contributed by atoms with Gasteiger partial charge in [-0.25, -0.2) is 5.43 Å². The molecule has 1 aromatic heterocycles. The van der Waals surface area contributed by atoms with E-state index in [4.69, 9.17) is 0 Å². The molecule has 1 N–H and O–H groups in total. The van der Waals surface area contributed by atoms with Crippen LogP contribution in [-0.2, 0) is 0 Å². The van der Waals surface area contributed by atoms with Crippen LogP contribution in [0, 0.1) is 0 Å². The van der Waals surface area contributed by atoms with Gasteiger partial charge >= 0.3 is 0 Å². The van der Waals surface area contributed by atoms with Gasteiger partial charge < -0.3 is 0 Å². The molecule has 1 aromatic rings. The molecule has 1 saturated heterocycles. The lowest BCUT2D eigenvalue weighted by molar-refractivity contribution is 0.0955. The second-order valence-corrected chi connectivity index (χ2v) is 5.18. The molecule has 78 valence electrons. The van der Waals surface area contributed by atoms with E-state index in [1.54, 1.807) is 48.1 Å². The van der Waals surface area contributed by atoms with Gasteiger partial charge in [-0.2, -0.15) is 5.10 Å². The Bertz CT molecular complexity index is 372. The van der Waals surface area contributed by atoms with Crippen LogP contribution in [0.25, 0.3) is 0 Å². The van der Waals surface area contributed by atoms with Gasteiger partial charge in [0.25, 0.3) is 5.91 Å². The summed E-state index contributed by atoms with van der Waals surface area (Å²) in [6.45, 7) is 0. The summed E-state index contributed by atoms with van der Waals surface area (Å²) in [5.74, 6) is 1.93. The van der Waals surface area contributed by atoms with Crippen molar-refractivity contribution in [2.75, 3.05) is 11.5 Å². The third-order valence-electron chi connectivity index (χ3n) is 1.73. The van der Waals surface area contributed by atoms with Crippen LogP contribution < -0.4 is 5.43 Å². The summed E-state index contributed by atoms with van der Waals surface area (Å²) in [4.78, 5) is 15.4. The second-order valence-electron chi connectivity index (χ2n) is 2.75. The summed E-state index contributed by atoms with van der Waals surface area (Å²) in [6, 6.07) is 3.31. The van der Waals surface area contributed by atoms with E-state index in [1.807, 2.05) is 0 Å². The third-order valence-corrected chi connectivity index (χ3v) is 4.18. The largest absolute Gasteiger partial charge is 0.271 e. The highest BCUT2D eigenvalue weighted by atomic mass is 32.2. The van der Waals surface area contributed by atoms with Crippen LogP contribution in [0.4, 0.5) is 0 Å². The number of pyridine rings is 1. The minimum absolute atomic E-state index is 0.196. The highest BCUT2D eigenvalue weighted by molar-refractivity contribution is 8.41. The van der Waals surface area contributed by atoms with Crippen LogP contribution in [0.2, 0.25) is 0 Å². The lowest BCUT2D eigenvalue weighted by Gasteiger charge is -1.99. The van der Waals surface area contributed by atoms with Gasteiger partial charge in [-0.1, -0.05) is 23.5 Å². The summed E-state index contributed by atoms with van der Waals surface area (Å²) in [6.07, 6.45) is 3.17. The maximum atomic E-state index is 11.5. The summed E-state index contributed by atoms with van der Waals surface area (Å²) in [7, 11) is 0. The van der Waals surface area contributed by atoms with E-state index in [0.29, 0.717) is 5.56 Å². The molecule has 2 heterocycles. The molecule has 0 radical (unpaired) electrons. The number of carbonyl (C=O) groups excluding carboxylic acids is 1. The Labute approximate surface area is 95.9 Å². The van der Waals surface area contributed by atoms with Crippen LogP contribution >= 0.6 is 23.5 Å². The van der Waals surface area contributed by atoms with Crippen molar-refractivity contribution < 1.29 is 4.79 Å². The first-order valence-corrected chi connectivity index (χ1v) is 6.37. The number of rotatable bonds is 2. The van der Waals surface area contributed by atoms with Gasteiger partial charge in [0.05, 0.1) is 0 Å². The van der Waals surface area contributed by atoms with E-state index in [2.05, 4.69) is 15.5 Å². The molecule has 0 spiro atoms. The van der Waals surface area contributed by atoms with Crippen LogP contribution in [0.5, 0.6) is 0 Å². The Morgan fingerprint density at radius 3 is 2.67 bits per heavy atom. The van der Waals surface area contributed by atoms with Crippen molar-refractivity contribution in [3.8, 4) is 0 Å². The Hall–Kier alpha value is -1.01. The van der Waals surface area contributed by atoms with E-state index in [-0.39, 0.29) is 5.91 Å². The molecule has 0 aromatic carbocycles. The zero-order valence-electron chi connectivity index (χ0n) is 7.84. The summed E-state index contributed by atoms with van der Waals surface area (Å²) in [5, 5.41) is 4.02. The molecule has 6 heteroatoms. The molecule has 0 bridgehead atoms. The summed E-state index contributed by atoms with van der Waals surface area (Å²) in [5.41, 5.74) is 3.09.